The Morgan fingerprint density at radius 3 is 1.00 bits per heavy atom. The molecule has 3 aromatic rings. The number of aliphatic hydroxyl groups is 5. The van der Waals surface area contributed by atoms with Gasteiger partial charge in [0.25, 0.3) is 0 Å². The third kappa shape index (κ3) is 39.6. The Morgan fingerprint density at radius 2 is 0.677 bits per heavy atom. The van der Waals surface area contributed by atoms with Crippen LogP contribution in [-0.2, 0) is 32.9 Å². The second kappa shape index (κ2) is 44.5. The van der Waals surface area contributed by atoms with E-state index >= 15 is 0 Å². The largest absolute Gasteiger partial charge is 0.508 e. The summed E-state index contributed by atoms with van der Waals surface area (Å²) in [7, 11) is 0. The second-order valence-electron chi connectivity index (χ2n) is 18.2. The van der Waals surface area contributed by atoms with Crippen molar-refractivity contribution in [3.05, 3.63) is 88.5 Å². The van der Waals surface area contributed by atoms with E-state index in [1.54, 1.807) is 36.4 Å². The molecule has 0 amide bonds. The maximum Gasteiger partial charge on any atom is 0.126 e. The van der Waals surface area contributed by atoms with E-state index in [4.69, 9.17) is 30.6 Å². The summed E-state index contributed by atoms with van der Waals surface area (Å²) in [4.78, 5) is 0. The van der Waals surface area contributed by atoms with Crippen LogP contribution in [0.25, 0.3) is 0 Å². The number of aromatic hydroxyl groups is 3. The first-order chi connectivity index (χ1) is 31.2. The number of nitrogens with one attached hydrogen (secondary N) is 4. The van der Waals surface area contributed by atoms with Crippen LogP contribution >= 0.6 is 0 Å². The highest BCUT2D eigenvalue weighted by Crippen LogP contribution is 2.23. The van der Waals surface area contributed by atoms with Crippen LogP contribution in [0.4, 0.5) is 0 Å². The van der Waals surface area contributed by atoms with E-state index in [9.17, 15) is 10.2 Å². The van der Waals surface area contributed by atoms with Crippen LogP contribution < -0.4 is 21.3 Å². The van der Waals surface area contributed by atoms with Crippen molar-refractivity contribution in [2.24, 2.45) is 23.7 Å². The molecular weight excluding hydrogens is 821 g/mol. The molecule has 0 spiro atoms. The fourth-order valence-electron chi connectivity index (χ4n) is 6.25. The summed E-state index contributed by atoms with van der Waals surface area (Å²) < 4.78 is 0. The van der Waals surface area contributed by atoms with Crippen LogP contribution in [-0.4, -0.2) is 80.5 Å². The Balaban J connectivity index is 0. The third-order valence-electron chi connectivity index (χ3n) is 10.3. The van der Waals surface area contributed by atoms with Crippen LogP contribution in [0.2, 0.25) is 0 Å². The molecule has 0 fully saturated rings. The lowest BCUT2D eigenvalue weighted by Crippen LogP contribution is -2.15. The van der Waals surface area contributed by atoms with Crippen molar-refractivity contribution in [2.45, 2.75) is 165 Å². The molecule has 0 atom stereocenters. The minimum absolute atomic E-state index is 0.0162. The van der Waals surface area contributed by atoms with Gasteiger partial charge in [-0.3, -0.25) is 10.6 Å². The number of hydrogen-bond acceptors (Lipinski definition) is 12. The zero-order valence-corrected chi connectivity index (χ0v) is 41.9. The van der Waals surface area contributed by atoms with Crippen LogP contribution in [0.5, 0.6) is 17.2 Å². The van der Waals surface area contributed by atoms with E-state index in [2.05, 4.69) is 76.7 Å². The molecule has 0 aliphatic heterocycles. The molecule has 0 saturated carbocycles. The number of benzene rings is 3. The van der Waals surface area contributed by atoms with Crippen molar-refractivity contribution >= 4 is 0 Å². The van der Waals surface area contributed by atoms with E-state index in [-0.39, 0.29) is 44.8 Å². The molecule has 12 nitrogen and oxygen atoms in total. The molecule has 0 aliphatic rings. The number of hydrogen-bond donors (Lipinski definition) is 12. The molecule has 0 bridgehead atoms. The van der Waals surface area contributed by atoms with Gasteiger partial charge in [-0.05, 0) is 93.2 Å². The molecule has 0 aromatic heterocycles. The van der Waals surface area contributed by atoms with E-state index in [1.807, 2.05) is 24.3 Å². The molecular formula is C53H96N4O8. The fourth-order valence-corrected chi connectivity index (χ4v) is 6.25. The summed E-state index contributed by atoms with van der Waals surface area (Å²) in [5, 5.41) is 83.9. The molecule has 0 radical (unpaired) electrons. The number of aliphatic hydroxyl groups excluding tert-OH is 5. The highest BCUT2D eigenvalue weighted by Gasteiger charge is 2.06. The van der Waals surface area contributed by atoms with Gasteiger partial charge in [0.1, 0.15) is 17.2 Å². The van der Waals surface area contributed by atoms with Gasteiger partial charge in [-0.1, -0.05) is 155 Å². The molecule has 0 unspecified atom stereocenters. The van der Waals surface area contributed by atoms with Crippen LogP contribution in [0.3, 0.4) is 0 Å². The molecule has 0 saturated heterocycles. The van der Waals surface area contributed by atoms with Crippen molar-refractivity contribution < 1.29 is 40.9 Å². The molecule has 0 aliphatic carbocycles. The minimum atomic E-state index is -0.209. The van der Waals surface area contributed by atoms with Gasteiger partial charge in [0.2, 0.25) is 0 Å². The van der Waals surface area contributed by atoms with E-state index in [0.29, 0.717) is 29.0 Å². The van der Waals surface area contributed by atoms with Gasteiger partial charge in [-0.15, -0.1) is 0 Å². The number of unbranched alkanes of at least 4 members (excludes halogenated alkanes) is 4. The SMILES string of the molecule is CC(C)CCCCNCO.CC(C)CCCCNCO.CC(C)CCCCNCc1ccc(O)cc1.CC(C)CCCCNCc1cccc(CO)c1O.OCc1cccc(CO)c1O. The average Bonchev–Trinajstić information content (AvgIpc) is 3.27. The number of phenolic OH excluding ortho intramolecular Hbond substituents is 1. The summed E-state index contributed by atoms with van der Waals surface area (Å²) >= 11 is 0. The number of rotatable bonds is 29. The maximum absolute atomic E-state index is 9.86. The van der Waals surface area contributed by atoms with Crippen LogP contribution in [0, 0.1) is 23.7 Å². The third-order valence-corrected chi connectivity index (χ3v) is 10.3. The first-order valence-corrected chi connectivity index (χ1v) is 24.4. The summed E-state index contributed by atoms with van der Waals surface area (Å²) in [6.07, 6.45) is 15.0. The van der Waals surface area contributed by atoms with Gasteiger partial charge in [0.15, 0.2) is 0 Å². The van der Waals surface area contributed by atoms with Crippen molar-refractivity contribution in [3.63, 3.8) is 0 Å². The number of phenols is 3. The molecule has 12 heteroatoms. The van der Waals surface area contributed by atoms with Crippen molar-refractivity contribution in [1.29, 1.82) is 0 Å². The van der Waals surface area contributed by atoms with Gasteiger partial charge < -0.3 is 51.5 Å². The van der Waals surface area contributed by atoms with Gasteiger partial charge in [0.05, 0.1) is 33.3 Å². The molecule has 12 N–H and O–H groups in total. The molecule has 376 valence electrons. The Bertz CT molecular complexity index is 1430. The van der Waals surface area contributed by atoms with Gasteiger partial charge in [-0.25, -0.2) is 0 Å². The van der Waals surface area contributed by atoms with Crippen LogP contribution in [0.15, 0.2) is 60.7 Å². The van der Waals surface area contributed by atoms with Crippen molar-refractivity contribution in [1.82, 2.24) is 21.3 Å². The average molecular weight is 917 g/mol. The predicted molar refractivity (Wildman–Crippen MR) is 270 cm³/mol. The topological polar surface area (TPSA) is 210 Å². The normalized spacial score (nSPS) is 10.8. The predicted octanol–water partition coefficient (Wildman–Crippen LogP) is 9.19. The highest BCUT2D eigenvalue weighted by molar-refractivity contribution is 5.40. The molecule has 65 heavy (non-hydrogen) atoms. The maximum atomic E-state index is 9.86. The van der Waals surface area contributed by atoms with Crippen molar-refractivity contribution in [2.75, 3.05) is 39.6 Å². The summed E-state index contributed by atoms with van der Waals surface area (Å²) in [6.45, 7) is 23.1. The summed E-state index contributed by atoms with van der Waals surface area (Å²) in [5.41, 5.74) is 3.55. The zero-order valence-electron chi connectivity index (χ0n) is 41.9. The standard InChI is InChI=1S/C15H25NO2.C14H23NO.2C8H19NO.C8H10O3/c1-12(2)6-3-4-9-16-10-13-7-5-8-14(11-17)15(13)18;1-12(2)5-3-4-10-15-11-13-6-8-14(16)9-7-13;2*1-8(2)5-3-4-6-9-7-10;9-4-6-2-1-3-7(5-10)8(6)11/h5,7-8,12,16-18H,3-4,6,9-11H2,1-2H3;6-9,12,15-16H,3-5,10-11H2,1-2H3;2*8-10H,3-7H2,1-2H3;1-3,9-11H,4-5H2. The summed E-state index contributed by atoms with van der Waals surface area (Å²) in [6, 6.07) is 17.7. The lowest BCUT2D eigenvalue weighted by atomic mass is 10.1. The van der Waals surface area contributed by atoms with E-state index in [1.165, 1.54) is 82.6 Å². The second-order valence-corrected chi connectivity index (χ2v) is 18.2. The summed E-state index contributed by atoms with van der Waals surface area (Å²) in [5.74, 6) is 3.75. The first kappa shape index (κ1) is 63.8. The monoisotopic (exact) mass is 917 g/mol. The highest BCUT2D eigenvalue weighted by atomic mass is 16.3. The Morgan fingerprint density at radius 1 is 0.369 bits per heavy atom. The van der Waals surface area contributed by atoms with E-state index < -0.39 is 0 Å². The Labute approximate surface area is 395 Å². The van der Waals surface area contributed by atoms with Gasteiger partial charge >= 0.3 is 0 Å². The quantitative estimate of drug-likeness (QED) is 0.0232. The lowest BCUT2D eigenvalue weighted by Gasteiger charge is -2.09. The van der Waals surface area contributed by atoms with Crippen LogP contribution in [0.1, 0.15) is 160 Å². The zero-order chi connectivity index (χ0) is 49.1. The van der Waals surface area contributed by atoms with Gasteiger partial charge in [-0.2, -0.15) is 0 Å². The molecule has 0 heterocycles. The van der Waals surface area contributed by atoms with Gasteiger partial charge in [0, 0.05) is 35.3 Å². The Hall–Kier alpha value is -3.30. The Kier molecular flexibility index (Phi) is 43.7. The molecule has 3 aromatic carbocycles. The van der Waals surface area contributed by atoms with E-state index in [0.717, 1.165) is 62.0 Å². The minimum Gasteiger partial charge on any atom is -0.508 e. The lowest BCUT2D eigenvalue weighted by molar-refractivity contribution is 0.259. The van der Waals surface area contributed by atoms with Crippen molar-refractivity contribution in [3.8, 4) is 17.2 Å². The number of para-hydroxylation sites is 2. The molecule has 3 rings (SSSR count). The first-order valence-electron chi connectivity index (χ1n) is 24.4. The fraction of sp³-hybridized carbons (Fsp3) is 0.660. The smallest absolute Gasteiger partial charge is 0.126 e.